The van der Waals surface area contributed by atoms with Crippen LogP contribution in [-0.4, -0.2) is 37.8 Å². The van der Waals surface area contributed by atoms with Gasteiger partial charge in [-0.25, -0.2) is 14.4 Å². The van der Waals surface area contributed by atoms with Crippen molar-refractivity contribution in [3.63, 3.8) is 0 Å². The zero-order valence-corrected chi connectivity index (χ0v) is 13.1. The minimum absolute atomic E-state index is 0.0806. The van der Waals surface area contributed by atoms with Gasteiger partial charge in [-0.05, 0) is 43.0 Å². The van der Waals surface area contributed by atoms with Crippen LogP contribution >= 0.6 is 0 Å². The molecule has 0 unspecified atom stereocenters. The zero-order chi connectivity index (χ0) is 16.5. The summed E-state index contributed by atoms with van der Waals surface area (Å²) in [6, 6.07) is 8.46. The molecule has 0 radical (unpaired) electrons. The van der Waals surface area contributed by atoms with Crippen molar-refractivity contribution in [1.29, 1.82) is 0 Å². The number of fused-ring (bicyclic) bond motifs is 1. The highest BCUT2D eigenvalue weighted by atomic mass is 19.1. The Morgan fingerprint density at radius 1 is 1.33 bits per heavy atom. The van der Waals surface area contributed by atoms with Gasteiger partial charge in [-0.1, -0.05) is 12.1 Å². The number of rotatable bonds is 3. The zero-order valence-electron chi connectivity index (χ0n) is 13.1. The molecule has 0 spiro atoms. The highest BCUT2D eigenvalue weighted by Gasteiger charge is 2.30. The number of carbonyl (C=O) groups is 1. The first-order valence-electron chi connectivity index (χ1n) is 8.06. The Hall–Kier alpha value is -2.76. The SMILES string of the molecule is O=C(c1cn2cccnc2n1)N1CCC[C@@H]1Cc1cccc(F)c1. The van der Waals surface area contributed by atoms with Crippen LogP contribution in [0, 0.1) is 5.82 Å². The maximum atomic E-state index is 13.4. The Morgan fingerprint density at radius 3 is 3.08 bits per heavy atom. The van der Waals surface area contributed by atoms with Gasteiger partial charge in [0.25, 0.3) is 5.91 Å². The summed E-state index contributed by atoms with van der Waals surface area (Å²) in [6.45, 7) is 0.708. The molecular formula is C18H17FN4O. The summed E-state index contributed by atoms with van der Waals surface area (Å²) < 4.78 is 15.1. The van der Waals surface area contributed by atoms with Gasteiger partial charge in [0.05, 0.1) is 0 Å². The lowest BCUT2D eigenvalue weighted by Gasteiger charge is -2.24. The molecule has 0 N–H and O–H groups in total. The smallest absolute Gasteiger partial charge is 0.274 e. The molecule has 1 aliphatic rings. The van der Waals surface area contributed by atoms with Crippen LogP contribution in [0.2, 0.25) is 0 Å². The van der Waals surface area contributed by atoms with Gasteiger partial charge in [-0.15, -0.1) is 0 Å². The normalized spacial score (nSPS) is 17.5. The molecule has 0 saturated carbocycles. The lowest BCUT2D eigenvalue weighted by Crippen LogP contribution is -2.37. The summed E-state index contributed by atoms with van der Waals surface area (Å²) >= 11 is 0. The van der Waals surface area contributed by atoms with Gasteiger partial charge in [-0.3, -0.25) is 9.20 Å². The van der Waals surface area contributed by atoms with Gasteiger partial charge in [0, 0.05) is 31.2 Å². The van der Waals surface area contributed by atoms with E-state index in [0.29, 0.717) is 24.4 Å². The number of hydrogen-bond donors (Lipinski definition) is 0. The van der Waals surface area contributed by atoms with Gasteiger partial charge >= 0.3 is 0 Å². The Balaban J connectivity index is 1.56. The van der Waals surface area contributed by atoms with E-state index >= 15 is 0 Å². The first kappa shape index (κ1) is 14.8. The molecule has 122 valence electrons. The van der Waals surface area contributed by atoms with Crippen LogP contribution in [0.1, 0.15) is 28.9 Å². The fourth-order valence-electron chi connectivity index (χ4n) is 3.33. The molecule has 1 aliphatic heterocycles. The van der Waals surface area contributed by atoms with E-state index in [9.17, 15) is 9.18 Å². The molecule has 1 aromatic carbocycles. The second-order valence-corrected chi connectivity index (χ2v) is 6.08. The average Bonchev–Trinajstić information content (AvgIpc) is 3.20. The summed E-state index contributed by atoms with van der Waals surface area (Å²) in [5, 5.41) is 0. The Kier molecular flexibility index (Phi) is 3.72. The monoisotopic (exact) mass is 324 g/mol. The third-order valence-electron chi connectivity index (χ3n) is 4.45. The van der Waals surface area contributed by atoms with E-state index in [2.05, 4.69) is 9.97 Å². The van der Waals surface area contributed by atoms with Crippen LogP contribution in [0.15, 0.2) is 48.9 Å². The minimum atomic E-state index is -0.241. The number of amides is 1. The highest BCUT2D eigenvalue weighted by molar-refractivity contribution is 5.93. The lowest BCUT2D eigenvalue weighted by molar-refractivity contribution is 0.0731. The fourth-order valence-corrected chi connectivity index (χ4v) is 3.33. The topological polar surface area (TPSA) is 50.5 Å². The predicted molar refractivity (Wildman–Crippen MR) is 87.1 cm³/mol. The van der Waals surface area contributed by atoms with E-state index in [1.54, 1.807) is 28.9 Å². The minimum Gasteiger partial charge on any atom is -0.334 e. The molecule has 4 rings (SSSR count). The van der Waals surface area contributed by atoms with Crippen molar-refractivity contribution in [1.82, 2.24) is 19.3 Å². The third kappa shape index (κ3) is 2.75. The van der Waals surface area contributed by atoms with Crippen molar-refractivity contribution < 1.29 is 9.18 Å². The first-order chi connectivity index (χ1) is 11.7. The van der Waals surface area contributed by atoms with E-state index in [1.807, 2.05) is 17.2 Å². The van der Waals surface area contributed by atoms with E-state index in [-0.39, 0.29) is 17.8 Å². The van der Waals surface area contributed by atoms with E-state index < -0.39 is 0 Å². The largest absolute Gasteiger partial charge is 0.334 e. The standard InChI is InChI=1S/C18H17FN4O/c19-14-5-1-4-13(10-14)11-15-6-2-9-23(15)17(24)16-12-22-8-3-7-20-18(22)21-16/h1,3-5,7-8,10,12,15H,2,6,9,11H2/t15-/m1/s1. The summed E-state index contributed by atoms with van der Waals surface area (Å²) in [7, 11) is 0. The molecule has 0 aliphatic carbocycles. The van der Waals surface area contributed by atoms with Crippen LogP contribution < -0.4 is 0 Å². The number of carbonyl (C=O) groups excluding carboxylic acids is 1. The molecule has 1 saturated heterocycles. The number of imidazole rings is 1. The summed E-state index contributed by atoms with van der Waals surface area (Å²) in [6.07, 6.45) is 7.72. The Labute approximate surface area is 138 Å². The lowest BCUT2D eigenvalue weighted by atomic mass is 10.0. The fraction of sp³-hybridized carbons (Fsp3) is 0.278. The van der Waals surface area contributed by atoms with Crippen LogP contribution in [0.5, 0.6) is 0 Å². The molecule has 1 atom stereocenters. The third-order valence-corrected chi connectivity index (χ3v) is 4.45. The number of nitrogens with zero attached hydrogens (tertiary/aromatic N) is 4. The molecular weight excluding hydrogens is 307 g/mol. The van der Waals surface area contributed by atoms with Crippen LogP contribution in [0.4, 0.5) is 4.39 Å². The Bertz CT molecular complexity index is 858. The van der Waals surface area contributed by atoms with Crippen molar-refractivity contribution in [2.24, 2.45) is 0 Å². The van der Waals surface area contributed by atoms with Gasteiger partial charge in [0.2, 0.25) is 5.78 Å². The van der Waals surface area contributed by atoms with Gasteiger partial charge in [0.1, 0.15) is 11.5 Å². The molecule has 0 bridgehead atoms. The van der Waals surface area contributed by atoms with E-state index in [0.717, 1.165) is 18.4 Å². The molecule has 3 aromatic rings. The summed E-state index contributed by atoms with van der Waals surface area (Å²) in [5.74, 6) is 0.191. The molecule has 1 amide bonds. The highest BCUT2D eigenvalue weighted by Crippen LogP contribution is 2.23. The number of aromatic nitrogens is 3. The molecule has 5 nitrogen and oxygen atoms in total. The van der Waals surface area contributed by atoms with E-state index in [1.165, 1.54) is 12.1 Å². The quantitative estimate of drug-likeness (QED) is 0.744. The number of halogens is 1. The molecule has 24 heavy (non-hydrogen) atoms. The number of likely N-dealkylation sites (tertiary alicyclic amines) is 1. The Morgan fingerprint density at radius 2 is 2.25 bits per heavy atom. The van der Waals surface area contributed by atoms with E-state index in [4.69, 9.17) is 0 Å². The second kappa shape index (κ2) is 6.03. The number of hydrogen-bond acceptors (Lipinski definition) is 3. The first-order valence-corrected chi connectivity index (χ1v) is 8.06. The molecule has 3 heterocycles. The second-order valence-electron chi connectivity index (χ2n) is 6.08. The van der Waals surface area contributed by atoms with Gasteiger partial charge < -0.3 is 4.90 Å². The summed E-state index contributed by atoms with van der Waals surface area (Å²) in [4.78, 5) is 23.1. The molecule has 6 heteroatoms. The maximum Gasteiger partial charge on any atom is 0.274 e. The van der Waals surface area contributed by atoms with Crippen molar-refractivity contribution >= 4 is 11.7 Å². The maximum absolute atomic E-state index is 13.4. The van der Waals surface area contributed by atoms with Gasteiger partial charge in [-0.2, -0.15) is 0 Å². The molecule has 1 fully saturated rings. The average molecular weight is 324 g/mol. The van der Waals surface area contributed by atoms with Crippen LogP contribution in [0.3, 0.4) is 0 Å². The summed E-state index contributed by atoms with van der Waals surface area (Å²) in [5.41, 5.74) is 1.32. The van der Waals surface area contributed by atoms with Crippen molar-refractivity contribution in [3.8, 4) is 0 Å². The molecule has 2 aromatic heterocycles. The predicted octanol–water partition coefficient (Wildman–Crippen LogP) is 2.72. The number of benzene rings is 1. The van der Waals surface area contributed by atoms with Gasteiger partial charge in [0.15, 0.2) is 0 Å². The van der Waals surface area contributed by atoms with Crippen molar-refractivity contribution in [2.75, 3.05) is 6.54 Å². The van der Waals surface area contributed by atoms with Crippen LogP contribution in [0.25, 0.3) is 5.78 Å². The van der Waals surface area contributed by atoms with Crippen molar-refractivity contribution in [2.45, 2.75) is 25.3 Å². The van der Waals surface area contributed by atoms with Crippen LogP contribution in [-0.2, 0) is 6.42 Å². The van der Waals surface area contributed by atoms with Crippen molar-refractivity contribution in [3.05, 3.63) is 66.0 Å².